The molecule has 0 aliphatic rings. The van der Waals surface area contributed by atoms with E-state index in [-0.39, 0.29) is 5.56 Å². The average Bonchev–Trinajstić information content (AvgIpc) is 2.04. The van der Waals surface area contributed by atoms with Crippen LogP contribution in [-0.2, 0) is 0 Å². The van der Waals surface area contributed by atoms with E-state index in [1.807, 2.05) is 0 Å². The van der Waals surface area contributed by atoms with E-state index in [1.165, 1.54) is 6.07 Å². The Morgan fingerprint density at radius 3 is 2.54 bits per heavy atom. The Kier molecular flexibility index (Phi) is 2.68. The summed E-state index contributed by atoms with van der Waals surface area (Å²) in [5.41, 5.74) is 1.58. The maximum Gasteiger partial charge on any atom is 0.335 e. The van der Waals surface area contributed by atoms with Gasteiger partial charge in [0, 0.05) is 0 Å². The molecule has 0 saturated heterocycles. The van der Waals surface area contributed by atoms with Crippen LogP contribution < -0.4 is 0 Å². The van der Waals surface area contributed by atoms with Crippen LogP contribution in [0.25, 0.3) is 0 Å². The number of aromatic carboxylic acids is 1. The monoisotopic (exact) mass is 180 g/mol. The van der Waals surface area contributed by atoms with Crippen LogP contribution in [0.5, 0.6) is 0 Å². The molecule has 2 N–H and O–H groups in total. The summed E-state index contributed by atoms with van der Waals surface area (Å²) in [6.07, 6.45) is -0.626. The van der Waals surface area contributed by atoms with Gasteiger partial charge in [-0.25, -0.2) is 4.79 Å². The normalized spacial score (nSPS) is 12.5. The fourth-order valence-electron chi connectivity index (χ4n) is 1.13. The number of aliphatic hydroxyl groups is 1. The molecule has 0 radical (unpaired) electrons. The van der Waals surface area contributed by atoms with Crippen molar-refractivity contribution in [2.45, 2.75) is 20.0 Å². The summed E-state index contributed by atoms with van der Waals surface area (Å²) >= 11 is 0. The van der Waals surface area contributed by atoms with Crippen LogP contribution in [0.1, 0.15) is 34.5 Å². The number of carboxylic acids is 1. The van der Waals surface area contributed by atoms with Gasteiger partial charge in [0.1, 0.15) is 0 Å². The van der Waals surface area contributed by atoms with Gasteiger partial charge in [0.25, 0.3) is 0 Å². The summed E-state index contributed by atoms with van der Waals surface area (Å²) in [4.78, 5) is 10.7. The third kappa shape index (κ3) is 2.06. The zero-order valence-corrected chi connectivity index (χ0v) is 7.61. The van der Waals surface area contributed by atoms with Gasteiger partial charge in [-0.05, 0) is 31.0 Å². The third-order valence-electron chi connectivity index (χ3n) is 1.97. The van der Waals surface area contributed by atoms with Gasteiger partial charge in [-0.15, -0.1) is 0 Å². The Morgan fingerprint density at radius 2 is 2.08 bits per heavy atom. The minimum atomic E-state index is -0.958. The summed E-state index contributed by atoms with van der Waals surface area (Å²) in [5, 5.41) is 18.0. The topological polar surface area (TPSA) is 57.5 Å². The minimum absolute atomic E-state index is 0.249. The Bertz CT molecular complexity index is 329. The summed E-state index contributed by atoms with van der Waals surface area (Å²) in [6.45, 7) is 3.34. The quantitative estimate of drug-likeness (QED) is 0.728. The average molecular weight is 180 g/mol. The number of aliphatic hydroxyl groups excluding tert-OH is 1. The van der Waals surface area contributed by atoms with Gasteiger partial charge >= 0.3 is 5.97 Å². The van der Waals surface area contributed by atoms with Crippen LogP contribution >= 0.6 is 0 Å². The third-order valence-corrected chi connectivity index (χ3v) is 1.97. The van der Waals surface area contributed by atoms with Crippen LogP contribution in [0, 0.1) is 6.92 Å². The second-order valence-electron chi connectivity index (χ2n) is 3.06. The lowest BCUT2D eigenvalue weighted by Crippen LogP contribution is -2.02. The van der Waals surface area contributed by atoms with E-state index in [9.17, 15) is 9.90 Å². The number of carbonyl (C=O) groups is 1. The van der Waals surface area contributed by atoms with Crippen molar-refractivity contribution >= 4 is 5.97 Å². The zero-order valence-electron chi connectivity index (χ0n) is 7.61. The van der Waals surface area contributed by atoms with E-state index in [2.05, 4.69) is 0 Å². The SMILES string of the molecule is Cc1ccc(C(C)O)cc1C(=O)O. The molecular weight excluding hydrogens is 168 g/mol. The number of rotatable bonds is 2. The molecule has 1 rings (SSSR count). The van der Waals surface area contributed by atoms with Gasteiger partial charge in [-0.3, -0.25) is 0 Å². The van der Waals surface area contributed by atoms with Crippen LogP contribution in [0.15, 0.2) is 18.2 Å². The van der Waals surface area contributed by atoms with Gasteiger partial charge in [-0.1, -0.05) is 12.1 Å². The Hall–Kier alpha value is -1.35. The molecule has 0 fully saturated rings. The highest BCUT2D eigenvalue weighted by Crippen LogP contribution is 2.16. The molecule has 1 unspecified atom stereocenters. The van der Waals surface area contributed by atoms with Crippen molar-refractivity contribution < 1.29 is 15.0 Å². The van der Waals surface area contributed by atoms with Crippen molar-refractivity contribution in [1.29, 1.82) is 0 Å². The van der Waals surface area contributed by atoms with Crippen LogP contribution in [0.3, 0.4) is 0 Å². The van der Waals surface area contributed by atoms with E-state index in [4.69, 9.17) is 5.11 Å². The molecule has 70 valence electrons. The van der Waals surface area contributed by atoms with Crippen molar-refractivity contribution in [3.8, 4) is 0 Å². The van der Waals surface area contributed by atoms with E-state index in [0.717, 1.165) is 0 Å². The first-order valence-corrected chi connectivity index (χ1v) is 4.04. The molecule has 0 spiro atoms. The molecule has 3 heteroatoms. The van der Waals surface area contributed by atoms with Gasteiger partial charge in [0.05, 0.1) is 11.7 Å². The highest BCUT2D eigenvalue weighted by atomic mass is 16.4. The lowest BCUT2D eigenvalue weighted by molar-refractivity contribution is 0.0696. The van der Waals surface area contributed by atoms with E-state index >= 15 is 0 Å². The molecule has 0 aliphatic heterocycles. The molecule has 0 bridgehead atoms. The van der Waals surface area contributed by atoms with Crippen molar-refractivity contribution in [1.82, 2.24) is 0 Å². The van der Waals surface area contributed by atoms with Crippen molar-refractivity contribution in [3.63, 3.8) is 0 Å². The van der Waals surface area contributed by atoms with E-state index in [1.54, 1.807) is 26.0 Å². The number of hydrogen-bond acceptors (Lipinski definition) is 2. The van der Waals surface area contributed by atoms with Gasteiger partial charge < -0.3 is 10.2 Å². The highest BCUT2D eigenvalue weighted by molar-refractivity contribution is 5.89. The lowest BCUT2D eigenvalue weighted by Gasteiger charge is -2.07. The molecule has 1 aromatic rings. The van der Waals surface area contributed by atoms with Crippen LogP contribution in [0.2, 0.25) is 0 Å². The second-order valence-corrected chi connectivity index (χ2v) is 3.06. The van der Waals surface area contributed by atoms with Crippen molar-refractivity contribution in [2.24, 2.45) is 0 Å². The molecule has 0 saturated carbocycles. The number of aryl methyl sites for hydroxylation is 1. The molecule has 0 aromatic heterocycles. The molecule has 0 heterocycles. The fourth-order valence-corrected chi connectivity index (χ4v) is 1.13. The van der Waals surface area contributed by atoms with E-state index < -0.39 is 12.1 Å². The predicted octanol–water partition coefficient (Wildman–Crippen LogP) is 1.75. The smallest absolute Gasteiger partial charge is 0.335 e. The predicted molar refractivity (Wildman–Crippen MR) is 48.8 cm³/mol. The maximum absolute atomic E-state index is 10.7. The number of carboxylic acid groups (broad SMARTS) is 1. The van der Waals surface area contributed by atoms with Gasteiger partial charge in [-0.2, -0.15) is 0 Å². The maximum atomic E-state index is 10.7. The van der Waals surface area contributed by atoms with Gasteiger partial charge in [0.15, 0.2) is 0 Å². The fraction of sp³-hybridized carbons (Fsp3) is 0.300. The van der Waals surface area contributed by atoms with E-state index in [0.29, 0.717) is 11.1 Å². The molecule has 1 aromatic carbocycles. The molecule has 3 nitrogen and oxygen atoms in total. The first-order valence-electron chi connectivity index (χ1n) is 4.04. The standard InChI is InChI=1S/C10H12O3/c1-6-3-4-8(7(2)11)5-9(6)10(12)13/h3-5,7,11H,1-2H3,(H,12,13). The van der Waals surface area contributed by atoms with Crippen LogP contribution in [-0.4, -0.2) is 16.2 Å². The number of benzene rings is 1. The molecule has 13 heavy (non-hydrogen) atoms. The Labute approximate surface area is 76.6 Å². The first kappa shape index (κ1) is 9.74. The minimum Gasteiger partial charge on any atom is -0.478 e. The second kappa shape index (κ2) is 3.58. The summed E-state index contributed by atoms with van der Waals surface area (Å²) in [7, 11) is 0. The first-order chi connectivity index (χ1) is 6.02. The molecule has 1 atom stereocenters. The Balaban J connectivity index is 3.19. The zero-order chi connectivity index (χ0) is 10.0. The van der Waals surface area contributed by atoms with Crippen molar-refractivity contribution in [3.05, 3.63) is 34.9 Å². The summed E-state index contributed by atoms with van der Waals surface area (Å²) < 4.78 is 0. The summed E-state index contributed by atoms with van der Waals surface area (Å²) in [5.74, 6) is -0.958. The molecular formula is C10H12O3. The van der Waals surface area contributed by atoms with Gasteiger partial charge in [0.2, 0.25) is 0 Å². The molecule has 0 amide bonds. The van der Waals surface area contributed by atoms with Crippen molar-refractivity contribution in [2.75, 3.05) is 0 Å². The lowest BCUT2D eigenvalue weighted by atomic mass is 10.0. The highest BCUT2D eigenvalue weighted by Gasteiger charge is 2.09. The summed E-state index contributed by atoms with van der Waals surface area (Å²) in [6, 6.07) is 4.93. The number of hydrogen-bond donors (Lipinski definition) is 2. The molecule has 0 aliphatic carbocycles. The Morgan fingerprint density at radius 1 is 1.46 bits per heavy atom. The van der Waals surface area contributed by atoms with Crippen LogP contribution in [0.4, 0.5) is 0 Å². The largest absolute Gasteiger partial charge is 0.478 e.